The number of likely N-dealkylation sites (N-methyl/N-ethyl adjacent to an activating group) is 1. The number of benzene rings is 2. The molecule has 2 amide bonds. The normalized spacial score (nSPS) is 13.0. The van der Waals surface area contributed by atoms with Gasteiger partial charge >= 0.3 is 6.18 Å². The van der Waals surface area contributed by atoms with Gasteiger partial charge in [-0.3, -0.25) is 19.3 Å². The quantitative estimate of drug-likeness (QED) is 0.529. The van der Waals surface area contributed by atoms with Crippen molar-refractivity contribution in [2.45, 2.75) is 19.1 Å². The molecule has 0 aliphatic rings. The highest BCUT2D eigenvalue weighted by molar-refractivity contribution is 5.96. The van der Waals surface area contributed by atoms with E-state index in [0.717, 1.165) is 11.1 Å². The Morgan fingerprint density at radius 3 is 2.00 bits per heavy atom. The number of nitrogens with zero attached hydrogens (tertiary/aromatic N) is 2. The molecule has 8 heteroatoms. The van der Waals surface area contributed by atoms with Crippen LogP contribution in [0.25, 0.3) is 0 Å². The predicted octanol–water partition coefficient (Wildman–Crippen LogP) is 4.36. The van der Waals surface area contributed by atoms with E-state index >= 15 is 0 Å². The van der Waals surface area contributed by atoms with E-state index in [4.69, 9.17) is 4.84 Å². The van der Waals surface area contributed by atoms with Gasteiger partial charge in [0.2, 0.25) is 0 Å². The fourth-order valence-electron chi connectivity index (χ4n) is 2.75. The van der Waals surface area contributed by atoms with Gasteiger partial charge in [0.05, 0.1) is 7.11 Å². The average Bonchev–Trinajstić information content (AvgIpc) is 2.70. The number of alkyl halides is 3. The lowest BCUT2D eigenvalue weighted by Gasteiger charge is -2.34. The second-order valence-corrected chi connectivity index (χ2v) is 6.20. The van der Waals surface area contributed by atoms with Gasteiger partial charge in [-0.25, -0.2) is 5.06 Å². The Morgan fingerprint density at radius 1 is 1.00 bits per heavy atom. The number of rotatable bonds is 6. The lowest BCUT2D eigenvalue weighted by Crippen LogP contribution is -2.42. The number of hydroxylamine groups is 2. The number of hydrogen-bond acceptors (Lipinski definition) is 3. The molecule has 1 unspecified atom stereocenters. The van der Waals surface area contributed by atoms with Crippen molar-refractivity contribution < 1.29 is 27.6 Å². The van der Waals surface area contributed by atoms with Gasteiger partial charge < -0.3 is 0 Å². The van der Waals surface area contributed by atoms with Gasteiger partial charge in [0, 0.05) is 24.4 Å². The maximum atomic E-state index is 14.1. The number of allylic oxidation sites excluding steroid dienone is 1. The van der Waals surface area contributed by atoms with E-state index in [1.54, 1.807) is 24.3 Å². The summed E-state index contributed by atoms with van der Waals surface area (Å²) in [6.07, 6.45) is -3.84. The third-order valence-corrected chi connectivity index (χ3v) is 4.22. The van der Waals surface area contributed by atoms with Gasteiger partial charge in [0.25, 0.3) is 11.8 Å². The molecule has 0 fully saturated rings. The van der Waals surface area contributed by atoms with Crippen molar-refractivity contribution in [3.63, 3.8) is 0 Å². The van der Waals surface area contributed by atoms with Crippen LogP contribution >= 0.6 is 0 Å². The molecule has 2 aromatic carbocycles. The molecule has 0 N–H and O–H groups in total. The van der Waals surface area contributed by atoms with Crippen LogP contribution < -0.4 is 0 Å². The van der Waals surface area contributed by atoms with E-state index in [-0.39, 0.29) is 16.8 Å². The molecule has 0 aliphatic heterocycles. The second kappa shape index (κ2) is 9.38. The standard InChI is InChI=1S/C21H21F3N2O3/c1-15(14-18(27)25(2)29-3)26(20(28)17-12-8-5-9-13-17)19(21(22,23)24)16-10-6-4-7-11-16/h4-14,19H,1-3H3/b15-14+. The molecule has 1 atom stereocenters. The largest absolute Gasteiger partial charge is 0.413 e. The molecule has 0 aliphatic carbocycles. The predicted molar refractivity (Wildman–Crippen MR) is 101 cm³/mol. The zero-order valence-electron chi connectivity index (χ0n) is 16.2. The average molecular weight is 406 g/mol. The zero-order valence-corrected chi connectivity index (χ0v) is 16.2. The second-order valence-electron chi connectivity index (χ2n) is 6.20. The highest BCUT2D eigenvalue weighted by Crippen LogP contribution is 2.40. The van der Waals surface area contributed by atoms with Gasteiger partial charge in [-0.05, 0) is 24.6 Å². The number of amides is 2. The van der Waals surface area contributed by atoms with Crippen LogP contribution in [0.3, 0.4) is 0 Å². The molecule has 0 heterocycles. The van der Waals surface area contributed by atoms with Crippen LogP contribution in [0.15, 0.2) is 72.4 Å². The monoisotopic (exact) mass is 406 g/mol. The van der Waals surface area contributed by atoms with Gasteiger partial charge in [-0.1, -0.05) is 48.5 Å². The molecule has 0 spiro atoms. The summed E-state index contributed by atoms with van der Waals surface area (Å²) in [5, 5.41) is 0.847. The van der Waals surface area contributed by atoms with E-state index in [1.807, 2.05) is 0 Å². The van der Waals surface area contributed by atoms with E-state index in [1.165, 1.54) is 57.5 Å². The molecule has 0 saturated carbocycles. The Bertz CT molecular complexity index is 868. The van der Waals surface area contributed by atoms with Gasteiger partial charge in [-0.15, -0.1) is 0 Å². The summed E-state index contributed by atoms with van der Waals surface area (Å²) in [6, 6.07) is 12.4. The summed E-state index contributed by atoms with van der Waals surface area (Å²) in [4.78, 5) is 30.6. The maximum Gasteiger partial charge on any atom is 0.413 e. The Balaban J connectivity index is 2.63. The summed E-state index contributed by atoms with van der Waals surface area (Å²) in [5.74, 6) is -1.58. The van der Waals surface area contributed by atoms with Crippen molar-refractivity contribution in [1.82, 2.24) is 9.96 Å². The van der Waals surface area contributed by atoms with Crippen LogP contribution in [0.5, 0.6) is 0 Å². The minimum absolute atomic E-state index is 0.0676. The molecule has 0 bridgehead atoms. The fraction of sp³-hybridized carbons (Fsp3) is 0.238. The van der Waals surface area contributed by atoms with Crippen LogP contribution in [0, 0.1) is 0 Å². The Hall–Kier alpha value is -3.13. The SMILES string of the molecule is CON(C)C(=O)/C=C(\C)N(C(=O)c1ccccc1)C(c1ccccc1)C(F)(F)F. The van der Waals surface area contributed by atoms with Crippen molar-refractivity contribution in [3.05, 3.63) is 83.6 Å². The van der Waals surface area contributed by atoms with Gasteiger partial charge in [0.15, 0.2) is 6.04 Å². The molecule has 154 valence electrons. The Morgan fingerprint density at radius 2 is 1.52 bits per heavy atom. The summed E-state index contributed by atoms with van der Waals surface area (Å²) in [5.41, 5.74) is -0.221. The lowest BCUT2D eigenvalue weighted by atomic mass is 10.0. The van der Waals surface area contributed by atoms with Crippen LogP contribution in [-0.2, 0) is 9.63 Å². The van der Waals surface area contributed by atoms with Gasteiger partial charge in [-0.2, -0.15) is 13.2 Å². The molecule has 0 aromatic heterocycles. The number of hydrogen-bond donors (Lipinski definition) is 0. The molecule has 2 aromatic rings. The molecular weight excluding hydrogens is 385 g/mol. The number of halogens is 3. The topological polar surface area (TPSA) is 49.9 Å². The minimum atomic E-state index is -4.78. The van der Waals surface area contributed by atoms with Crippen LogP contribution in [-0.4, -0.2) is 42.1 Å². The van der Waals surface area contributed by atoms with Crippen molar-refractivity contribution >= 4 is 11.8 Å². The fourth-order valence-corrected chi connectivity index (χ4v) is 2.75. The highest BCUT2D eigenvalue weighted by Gasteiger charge is 2.47. The summed E-state index contributed by atoms with van der Waals surface area (Å²) >= 11 is 0. The van der Waals surface area contributed by atoms with Crippen molar-refractivity contribution in [1.29, 1.82) is 0 Å². The van der Waals surface area contributed by atoms with E-state index in [0.29, 0.717) is 4.90 Å². The minimum Gasteiger partial charge on any atom is -0.296 e. The highest BCUT2D eigenvalue weighted by atomic mass is 19.4. The smallest absolute Gasteiger partial charge is 0.296 e. The lowest BCUT2D eigenvalue weighted by molar-refractivity contribution is -0.175. The van der Waals surface area contributed by atoms with Gasteiger partial charge in [0.1, 0.15) is 0 Å². The zero-order chi connectivity index (χ0) is 21.6. The van der Waals surface area contributed by atoms with Crippen LogP contribution in [0.2, 0.25) is 0 Å². The maximum absolute atomic E-state index is 14.1. The third-order valence-electron chi connectivity index (χ3n) is 4.22. The first-order valence-electron chi connectivity index (χ1n) is 8.67. The van der Waals surface area contributed by atoms with E-state index < -0.39 is 24.0 Å². The molecular formula is C21H21F3N2O3. The first-order chi connectivity index (χ1) is 13.7. The Labute approximate surface area is 166 Å². The molecule has 0 radical (unpaired) electrons. The Kier molecular flexibility index (Phi) is 7.17. The van der Waals surface area contributed by atoms with Crippen molar-refractivity contribution in [2.75, 3.05) is 14.2 Å². The number of carbonyl (C=O) groups is 2. The number of carbonyl (C=O) groups excluding carboxylic acids is 2. The van der Waals surface area contributed by atoms with E-state index in [9.17, 15) is 22.8 Å². The van der Waals surface area contributed by atoms with Crippen LogP contribution in [0.4, 0.5) is 13.2 Å². The molecule has 2 rings (SSSR count). The first kappa shape index (κ1) is 22.2. The summed E-state index contributed by atoms with van der Waals surface area (Å²) in [7, 11) is 2.56. The summed E-state index contributed by atoms with van der Waals surface area (Å²) in [6.45, 7) is 1.28. The van der Waals surface area contributed by atoms with Crippen LogP contribution in [0.1, 0.15) is 28.9 Å². The molecule has 0 saturated heterocycles. The van der Waals surface area contributed by atoms with Crippen molar-refractivity contribution in [3.8, 4) is 0 Å². The molecule has 5 nitrogen and oxygen atoms in total. The molecule has 29 heavy (non-hydrogen) atoms. The summed E-state index contributed by atoms with van der Waals surface area (Å²) < 4.78 is 42.3. The first-order valence-corrected chi connectivity index (χ1v) is 8.67. The third kappa shape index (κ3) is 5.45. The van der Waals surface area contributed by atoms with Crippen molar-refractivity contribution in [2.24, 2.45) is 0 Å². The van der Waals surface area contributed by atoms with E-state index in [2.05, 4.69) is 0 Å².